The van der Waals surface area contributed by atoms with Crippen molar-refractivity contribution < 1.29 is 23.5 Å². The number of nitrogens with zero attached hydrogens (tertiary/aromatic N) is 3. The lowest BCUT2D eigenvalue weighted by molar-refractivity contribution is -0.136. The molecule has 0 fully saturated rings. The van der Waals surface area contributed by atoms with Gasteiger partial charge in [-0.3, -0.25) is 19.7 Å². The van der Waals surface area contributed by atoms with Gasteiger partial charge in [0.1, 0.15) is 5.75 Å². The maximum Gasteiger partial charge on any atom is 0.293 e. The first-order valence-electron chi connectivity index (χ1n) is 9.49. The number of likely N-dealkylation sites (N-methyl/N-ethyl adjacent to an activating group) is 1. The number of nitrogens with one attached hydrogen (secondary N) is 1. The van der Waals surface area contributed by atoms with Crippen LogP contribution < -0.4 is 15.0 Å². The second kappa shape index (κ2) is 8.60. The number of fused-ring (bicyclic) bond motifs is 1. The number of anilines is 2. The highest BCUT2D eigenvalue weighted by Gasteiger charge is 2.34. The van der Waals surface area contributed by atoms with E-state index in [0.717, 1.165) is 0 Å². The van der Waals surface area contributed by atoms with E-state index in [9.17, 15) is 14.4 Å². The van der Waals surface area contributed by atoms with Crippen molar-refractivity contribution in [2.45, 2.75) is 12.5 Å². The van der Waals surface area contributed by atoms with Crippen LogP contribution in [0.2, 0.25) is 0 Å². The van der Waals surface area contributed by atoms with E-state index in [1.807, 2.05) is 6.07 Å². The van der Waals surface area contributed by atoms with E-state index in [1.54, 1.807) is 54.7 Å². The molecule has 10 heteroatoms. The number of carbonyl (C=O) groups is 3. The summed E-state index contributed by atoms with van der Waals surface area (Å²) in [5.74, 6) is -0.198. The molecule has 0 saturated heterocycles. The van der Waals surface area contributed by atoms with Gasteiger partial charge in [0.05, 0.1) is 30.6 Å². The van der Waals surface area contributed by atoms with Gasteiger partial charge in [0.2, 0.25) is 5.91 Å². The fourth-order valence-electron chi connectivity index (χ4n) is 3.15. The van der Waals surface area contributed by atoms with Crippen molar-refractivity contribution in [1.82, 2.24) is 9.88 Å². The molecule has 0 saturated carbocycles. The van der Waals surface area contributed by atoms with Crippen LogP contribution in [0.5, 0.6) is 5.75 Å². The molecular formula is C21H20N4O5S. The van der Waals surface area contributed by atoms with Gasteiger partial charge in [0.15, 0.2) is 17.0 Å². The summed E-state index contributed by atoms with van der Waals surface area (Å²) in [6, 6.07) is 10.3. The molecule has 1 aromatic carbocycles. The largest absolute Gasteiger partial charge is 0.476 e. The zero-order valence-corrected chi connectivity index (χ0v) is 17.7. The summed E-state index contributed by atoms with van der Waals surface area (Å²) in [7, 11) is 3.29. The molecule has 0 radical (unpaired) electrons. The van der Waals surface area contributed by atoms with Crippen LogP contribution in [-0.2, 0) is 16.0 Å². The minimum atomic E-state index is -0.785. The standard InChI is InChI=1S/C21H20N4O5S/c1-24(2)20(28)17-11-25(14-6-3-4-7-15(14)30-17)18(26)10-13-12-31-21(22-13)23-19(27)16-8-5-9-29-16/h3-9,12,17H,10-11H2,1-2H3,(H,22,23,27)/t17-/m0/s1. The smallest absolute Gasteiger partial charge is 0.293 e. The Labute approximate surface area is 182 Å². The van der Waals surface area contributed by atoms with Crippen LogP contribution in [0.3, 0.4) is 0 Å². The zero-order valence-electron chi connectivity index (χ0n) is 16.9. The lowest BCUT2D eigenvalue weighted by atomic mass is 10.1. The lowest BCUT2D eigenvalue weighted by Crippen LogP contribution is -2.50. The van der Waals surface area contributed by atoms with E-state index in [1.165, 1.54) is 22.5 Å². The topological polar surface area (TPSA) is 105 Å². The summed E-state index contributed by atoms with van der Waals surface area (Å²) >= 11 is 1.22. The van der Waals surface area contributed by atoms with E-state index in [-0.39, 0.29) is 30.5 Å². The number of amides is 3. The number of carbonyl (C=O) groups excluding carboxylic acids is 3. The molecule has 0 unspecified atom stereocenters. The SMILES string of the molecule is CN(C)C(=O)[C@@H]1CN(C(=O)Cc2csc(NC(=O)c3ccco3)n2)c2ccccc2O1. The van der Waals surface area contributed by atoms with Crippen LogP contribution in [0.25, 0.3) is 0 Å². The highest BCUT2D eigenvalue weighted by atomic mass is 32.1. The fourth-order valence-corrected chi connectivity index (χ4v) is 3.85. The Kier molecular flexibility index (Phi) is 5.72. The van der Waals surface area contributed by atoms with Gasteiger partial charge in [-0.05, 0) is 24.3 Å². The number of rotatable bonds is 5. The Bertz CT molecular complexity index is 1110. The Morgan fingerprint density at radius 2 is 2.03 bits per heavy atom. The maximum absolute atomic E-state index is 13.1. The Balaban J connectivity index is 1.48. The highest BCUT2D eigenvalue weighted by molar-refractivity contribution is 7.14. The van der Waals surface area contributed by atoms with E-state index in [2.05, 4.69) is 10.3 Å². The second-order valence-corrected chi connectivity index (χ2v) is 7.92. The Hall–Kier alpha value is -3.66. The summed E-state index contributed by atoms with van der Waals surface area (Å²) in [5, 5.41) is 4.73. The van der Waals surface area contributed by atoms with Crippen LogP contribution in [0.4, 0.5) is 10.8 Å². The van der Waals surface area contributed by atoms with E-state index in [0.29, 0.717) is 22.3 Å². The van der Waals surface area contributed by atoms with Crippen molar-refractivity contribution in [3.8, 4) is 5.75 Å². The molecule has 4 rings (SSSR count). The molecule has 2 aromatic heterocycles. The van der Waals surface area contributed by atoms with E-state index < -0.39 is 12.0 Å². The molecule has 160 valence electrons. The molecule has 0 bridgehead atoms. The van der Waals surface area contributed by atoms with Gasteiger partial charge in [0.25, 0.3) is 11.8 Å². The minimum absolute atomic E-state index is 0.0182. The quantitative estimate of drug-likeness (QED) is 0.653. The number of hydrogen-bond acceptors (Lipinski definition) is 7. The molecule has 0 aliphatic carbocycles. The minimum Gasteiger partial charge on any atom is -0.476 e. The summed E-state index contributed by atoms with van der Waals surface area (Å²) in [6.07, 6.45) is 0.645. The van der Waals surface area contributed by atoms with Gasteiger partial charge in [-0.1, -0.05) is 12.1 Å². The predicted octanol–water partition coefficient (Wildman–Crippen LogP) is 2.41. The number of thiazole rings is 1. The van der Waals surface area contributed by atoms with Crippen molar-refractivity contribution in [1.29, 1.82) is 0 Å². The average molecular weight is 440 g/mol. The maximum atomic E-state index is 13.1. The van der Waals surface area contributed by atoms with Gasteiger partial charge < -0.3 is 19.0 Å². The van der Waals surface area contributed by atoms with Gasteiger partial charge in [-0.25, -0.2) is 4.98 Å². The molecule has 1 atom stereocenters. The average Bonchev–Trinajstić information content (AvgIpc) is 3.44. The summed E-state index contributed by atoms with van der Waals surface area (Å²) in [4.78, 5) is 44.9. The van der Waals surface area contributed by atoms with Crippen molar-refractivity contribution in [2.75, 3.05) is 30.9 Å². The van der Waals surface area contributed by atoms with Crippen molar-refractivity contribution >= 4 is 39.9 Å². The molecule has 3 amide bonds. The monoisotopic (exact) mass is 440 g/mol. The number of hydrogen-bond donors (Lipinski definition) is 1. The third-order valence-electron chi connectivity index (χ3n) is 4.64. The predicted molar refractivity (Wildman–Crippen MR) is 114 cm³/mol. The van der Waals surface area contributed by atoms with Crippen molar-refractivity contribution in [2.24, 2.45) is 0 Å². The molecule has 1 aliphatic rings. The molecule has 0 spiro atoms. The number of benzene rings is 1. The molecule has 3 heterocycles. The van der Waals surface area contributed by atoms with Gasteiger partial charge in [0, 0.05) is 19.5 Å². The summed E-state index contributed by atoms with van der Waals surface area (Å²) in [6.45, 7) is 0.110. The summed E-state index contributed by atoms with van der Waals surface area (Å²) in [5.41, 5.74) is 1.13. The van der Waals surface area contributed by atoms with Gasteiger partial charge in [-0.2, -0.15) is 0 Å². The first-order valence-corrected chi connectivity index (χ1v) is 10.4. The first-order chi connectivity index (χ1) is 14.9. The van der Waals surface area contributed by atoms with E-state index in [4.69, 9.17) is 9.15 Å². The third-order valence-corrected chi connectivity index (χ3v) is 5.45. The Morgan fingerprint density at radius 3 is 2.77 bits per heavy atom. The first kappa shape index (κ1) is 20.6. The zero-order chi connectivity index (χ0) is 22.0. The number of ether oxygens (including phenoxy) is 1. The van der Waals surface area contributed by atoms with Crippen molar-refractivity contribution in [3.05, 3.63) is 59.5 Å². The number of furan rings is 1. The summed E-state index contributed by atoms with van der Waals surface area (Å²) < 4.78 is 10.9. The second-order valence-electron chi connectivity index (χ2n) is 7.06. The lowest BCUT2D eigenvalue weighted by Gasteiger charge is -2.35. The van der Waals surface area contributed by atoms with Crippen LogP contribution in [0, 0.1) is 0 Å². The molecule has 1 N–H and O–H groups in total. The van der Waals surface area contributed by atoms with Gasteiger partial charge >= 0.3 is 0 Å². The van der Waals surface area contributed by atoms with Crippen molar-refractivity contribution in [3.63, 3.8) is 0 Å². The van der Waals surface area contributed by atoms with Crippen LogP contribution in [0.15, 0.2) is 52.5 Å². The molecular weight excluding hydrogens is 420 g/mol. The van der Waals surface area contributed by atoms with Gasteiger partial charge in [-0.15, -0.1) is 11.3 Å². The van der Waals surface area contributed by atoms with E-state index >= 15 is 0 Å². The highest BCUT2D eigenvalue weighted by Crippen LogP contribution is 2.34. The normalized spacial score (nSPS) is 15.0. The van der Waals surface area contributed by atoms with Crippen LogP contribution in [-0.4, -0.2) is 54.3 Å². The van der Waals surface area contributed by atoms with Crippen LogP contribution in [0.1, 0.15) is 16.2 Å². The number of aromatic nitrogens is 1. The molecule has 31 heavy (non-hydrogen) atoms. The van der Waals surface area contributed by atoms with Crippen LogP contribution >= 0.6 is 11.3 Å². The number of para-hydroxylation sites is 2. The molecule has 1 aliphatic heterocycles. The molecule has 9 nitrogen and oxygen atoms in total. The fraction of sp³-hybridized carbons (Fsp3) is 0.238. The Morgan fingerprint density at radius 1 is 1.23 bits per heavy atom. The molecule has 3 aromatic rings. The third kappa shape index (κ3) is 4.43.